The van der Waals surface area contributed by atoms with Gasteiger partial charge in [0.05, 0.1) is 40.7 Å². The normalized spacial score (nSPS) is 47.1. The Morgan fingerprint density at radius 3 is 1.69 bits per heavy atom. The van der Waals surface area contributed by atoms with Crippen molar-refractivity contribution in [1.29, 1.82) is 0 Å². The first-order valence-electron chi connectivity index (χ1n) is 27.1. The number of fused-ring (bicyclic) bond motifs is 5. The Kier molecular flexibility index (Phi) is 13.3. The number of alkyl halides is 9. The fraction of sp³-hybridized carbons (Fsp3) is 0.962. The first-order valence-corrected chi connectivity index (χ1v) is 27.1. The summed E-state index contributed by atoms with van der Waals surface area (Å²) in [5.74, 6) is -8.74. The van der Waals surface area contributed by atoms with E-state index in [0.29, 0.717) is 26.2 Å². The predicted octanol–water partition coefficient (Wildman–Crippen LogP) is 9.34. The number of carbonyl (C=O) groups excluding carboxylic acids is 2. The molecule has 17 unspecified atom stereocenters. The van der Waals surface area contributed by atoms with Gasteiger partial charge in [-0.25, -0.2) is 0 Å². The van der Waals surface area contributed by atoms with Crippen LogP contribution < -0.4 is 0 Å². The van der Waals surface area contributed by atoms with Crippen molar-refractivity contribution in [3.05, 3.63) is 0 Å². The van der Waals surface area contributed by atoms with E-state index in [1.165, 1.54) is 6.92 Å². The van der Waals surface area contributed by atoms with E-state index in [0.717, 1.165) is 6.92 Å². The van der Waals surface area contributed by atoms with Crippen molar-refractivity contribution in [2.75, 3.05) is 13.2 Å². The van der Waals surface area contributed by atoms with Gasteiger partial charge in [0, 0.05) is 57.7 Å². The van der Waals surface area contributed by atoms with Gasteiger partial charge in [-0.3, -0.25) is 9.59 Å². The molecule has 10 saturated carbocycles. The smallest absolute Gasteiger partial charge is 0.417 e. The van der Waals surface area contributed by atoms with Gasteiger partial charge >= 0.3 is 30.5 Å². The van der Waals surface area contributed by atoms with E-state index >= 15 is 31.1 Å². The van der Waals surface area contributed by atoms with Crippen LogP contribution in [0.15, 0.2) is 0 Å². The molecule has 2 heterocycles. The molecule has 0 amide bonds. The number of halogens is 9. The van der Waals surface area contributed by atoms with Gasteiger partial charge in [-0.15, -0.1) is 0 Å². The second kappa shape index (κ2) is 17.7. The van der Waals surface area contributed by atoms with Crippen LogP contribution in [0.2, 0.25) is 0 Å². The van der Waals surface area contributed by atoms with E-state index in [1.54, 1.807) is 13.8 Å². The molecule has 12 rings (SSSR count). The lowest BCUT2D eigenvalue weighted by Crippen LogP contribution is -2.68. The molecular formula is C53H75F9O12. The minimum atomic E-state index is -5.59. The van der Waals surface area contributed by atoms with Gasteiger partial charge in [0.2, 0.25) is 0 Å². The Morgan fingerprint density at radius 1 is 0.662 bits per heavy atom. The highest BCUT2D eigenvalue weighted by Crippen LogP contribution is 2.66. The molecule has 2 saturated heterocycles. The van der Waals surface area contributed by atoms with Crippen LogP contribution in [0.5, 0.6) is 0 Å². The first kappa shape index (κ1) is 55.3. The van der Waals surface area contributed by atoms with E-state index in [9.17, 15) is 38.4 Å². The topological polar surface area (TPSA) is 170 Å². The zero-order valence-corrected chi connectivity index (χ0v) is 42.9. The molecule has 12 fully saturated rings. The highest BCUT2D eigenvalue weighted by Gasteiger charge is 2.74. The molecule has 0 aromatic heterocycles. The number of hydrogen-bond acceptors (Lipinski definition) is 12. The lowest BCUT2D eigenvalue weighted by Gasteiger charge is -2.62. The lowest BCUT2D eigenvalue weighted by molar-refractivity contribution is -0.320. The monoisotopic (exact) mass is 1070 g/mol. The second-order valence-corrected chi connectivity index (χ2v) is 26.7. The summed E-state index contributed by atoms with van der Waals surface area (Å²) in [6, 6.07) is 0. The zero-order valence-electron chi connectivity index (χ0n) is 42.9. The van der Waals surface area contributed by atoms with E-state index in [2.05, 4.69) is 0 Å². The molecule has 0 spiro atoms. The molecule has 0 radical (unpaired) electrons. The Bertz CT molecular complexity index is 2140. The molecule has 422 valence electrons. The summed E-state index contributed by atoms with van der Waals surface area (Å²) >= 11 is 0. The highest BCUT2D eigenvalue weighted by molar-refractivity contribution is 5.80. The van der Waals surface area contributed by atoms with Gasteiger partial charge < -0.3 is 48.8 Å². The summed E-state index contributed by atoms with van der Waals surface area (Å²) in [4.78, 5) is 29.9. The molecule has 0 aromatic carbocycles. The van der Waals surface area contributed by atoms with Crippen molar-refractivity contribution in [1.82, 2.24) is 0 Å². The molecule has 4 N–H and O–H groups in total. The van der Waals surface area contributed by atoms with E-state index in [-0.39, 0.29) is 114 Å². The maximum Gasteiger partial charge on any atom is 0.417 e. The molecule has 10 aliphatic carbocycles. The third-order valence-corrected chi connectivity index (χ3v) is 20.6. The molecular weight excluding hydrogens is 1000 g/mol. The van der Waals surface area contributed by atoms with Crippen LogP contribution in [0, 0.1) is 58.2 Å². The zero-order chi connectivity index (χ0) is 53.9. The van der Waals surface area contributed by atoms with Crippen molar-refractivity contribution < 1.29 is 98.0 Å². The van der Waals surface area contributed by atoms with Crippen LogP contribution in [0.1, 0.15) is 163 Å². The summed E-state index contributed by atoms with van der Waals surface area (Å²) in [6.07, 6.45) is -24.0. The van der Waals surface area contributed by atoms with E-state index in [4.69, 9.17) is 28.4 Å². The van der Waals surface area contributed by atoms with Crippen molar-refractivity contribution in [3.63, 3.8) is 0 Å². The van der Waals surface area contributed by atoms with Gasteiger partial charge in [-0.05, 0) is 159 Å². The summed E-state index contributed by atoms with van der Waals surface area (Å²) in [6.45, 7) is 5.90. The Morgan fingerprint density at radius 2 is 1.20 bits per heavy atom. The quantitative estimate of drug-likeness (QED) is 0.0698. The highest BCUT2D eigenvalue weighted by atomic mass is 19.4. The Hall–Kier alpha value is -2.01. The third kappa shape index (κ3) is 9.33. The molecule has 12 aliphatic rings. The average molecular weight is 1080 g/mol. The molecule has 2 aliphatic heterocycles. The molecule has 10 bridgehead atoms. The van der Waals surface area contributed by atoms with Gasteiger partial charge in [-0.2, -0.15) is 39.5 Å². The summed E-state index contributed by atoms with van der Waals surface area (Å²) in [7, 11) is 0. The summed E-state index contributed by atoms with van der Waals surface area (Å²) in [5.41, 5.74) is -19.5. The Balaban J connectivity index is 0.992. The van der Waals surface area contributed by atoms with Crippen molar-refractivity contribution in [3.8, 4) is 0 Å². The number of carbonyl (C=O) groups is 2. The molecule has 21 heteroatoms. The lowest BCUT2D eigenvalue weighted by atomic mass is 9.50. The number of hydrogen-bond donors (Lipinski definition) is 4. The summed E-state index contributed by atoms with van der Waals surface area (Å²) < 4.78 is 179. The second-order valence-electron chi connectivity index (χ2n) is 26.7. The van der Waals surface area contributed by atoms with Crippen LogP contribution >= 0.6 is 0 Å². The number of esters is 2. The van der Waals surface area contributed by atoms with Crippen LogP contribution in [0.4, 0.5) is 39.5 Å². The maximum absolute atomic E-state index is 17.1. The number of aliphatic hydroxyl groups is 4. The number of ether oxygens (including phenoxy) is 6. The molecule has 0 aromatic rings. The first-order chi connectivity index (χ1) is 34.0. The predicted molar refractivity (Wildman–Crippen MR) is 241 cm³/mol. The molecule has 74 heavy (non-hydrogen) atoms. The standard InChI is InChI=1S/C53H75F9O12/c1-6-69-29(3)72-43(5,52(57,58)59)19-33-11-32-12-35(33)39-34(32)10-28(2)37(71-39)21-50(53(60,61)62,41(64)74-49-18-31-15-46(67,26-49)23-47(68,16-31)27-49)36-8-7-9-70-38(36)20-42(4,51(54,55)56)40(63)73-48-17-30-13-44(65,24-48)22-45(66,14-30)25-48/h28-39,65-68H,6-27H2,1-5H3. The van der Waals surface area contributed by atoms with Gasteiger partial charge in [0.15, 0.2) is 22.7 Å². The van der Waals surface area contributed by atoms with E-state index in [1.807, 2.05) is 0 Å². The molecule has 17 atom stereocenters. The van der Waals surface area contributed by atoms with Crippen LogP contribution in [-0.2, 0) is 38.0 Å². The third-order valence-electron chi connectivity index (χ3n) is 20.6. The SMILES string of the molecule is CCOC(C)OC(C)(CC1CC2CC1C1OC(CC(C(=O)OC34CC5CC(O)(CC(O)(C5)C3)C4)(C3CCCOC3CC(C)(C(=O)OC34CC5CC(O)(CC(O)(C5)C3)C4)C(F)(F)F)C(F)(F)F)C(C)CC21)C(F)(F)F. The minimum Gasteiger partial charge on any atom is -0.458 e. The van der Waals surface area contributed by atoms with Crippen molar-refractivity contribution >= 4 is 11.9 Å². The summed E-state index contributed by atoms with van der Waals surface area (Å²) in [5, 5.41) is 46.0. The van der Waals surface area contributed by atoms with Gasteiger partial charge in [0.1, 0.15) is 11.2 Å². The number of rotatable bonds is 15. The van der Waals surface area contributed by atoms with Crippen molar-refractivity contribution in [2.24, 2.45) is 58.2 Å². The van der Waals surface area contributed by atoms with E-state index < -0.39 is 160 Å². The fourth-order valence-electron chi connectivity index (χ4n) is 18.6. The largest absolute Gasteiger partial charge is 0.458 e. The maximum atomic E-state index is 17.1. The Labute approximate surface area is 425 Å². The van der Waals surface area contributed by atoms with Crippen LogP contribution in [0.25, 0.3) is 0 Å². The fourth-order valence-corrected chi connectivity index (χ4v) is 18.6. The van der Waals surface area contributed by atoms with Crippen LogP contribution in [0.3, 0.4) is 0 Å². The minimum absolute atomic E-state index is 0.0290. The van der Waals surface area contributed by atoms with Crippen LogP contribution in [-0.4, -0.2) is 128 Å². The van der Waals surface area contributed by atoms with Gasteiger partial charge in [0.25, 0.3) is 0 Å². The van der Waals surface area contributed by atoms with Crippen molar-refractivity contribution in [2.45, 2.75) is 245 Å². The molecule has 12 nitrogen and oxygen atoms in total. The average Bonchev–Trinajstić information content (AvgIpc) is 3.77. The van der Waals surface area contributed by atoms with Gasteiger partial charge in [-0.1, -0.05) is 6.92 Å².